The van der Waals surface area contributed by atoms with Crippen LogP contribution in [0.1, 0.15) is 29.0 Å². The lowest BCUT2D eigenvalue weighted by Crippen LogP contribution is -2.26. The molecule has 1 aliphatic rings. The molecule has 1 radical (unpaired) electrons. The number of carbonyl (C=O) groups excluding carboxylic acids is 1. The predicted octanol–water partition coefficient (Wildman–Crippen LogP) is 3.71. The molecule has 6 nitrogen and oxygen atoms in total. The first-order valence-corrected chi connectivity index (χ1v) is 11.3. The Morgan fingerprint density at radius 3 is 2.52 bits per heavy atom. The highest BCUT2D eigenvalue weighted by atomic mass is 32.2. The first-order chi connectivity index (χ1) is 14.9. The van der Waals surface area contributed by atoms with Crippen LogP contribution in [0.3, 0.4) is 0 Å². The molecule has 7 heteroatoms. The Morgan fingerprint density at radius 2 is 1.81 bits per heavy atom. The maximum absolute atomic E-state index is 13.3. The number of hydrogen-bond acceptors (Lipinski definition) is 4. The Morgan fingerprint density at radius 1 is 1.03 bits per heavy atom. The molecule has 0 aromatic heterocycles. The number of amides is 1. The van der Waals surface area contributed by atoms with E-state index in [-0.39, 0.29) is 10.8 Å². The van der Waals surface area contributed by atoms with Crippen molar-refractivity contribution in [1.29, 1.82) is 5.26 Å². The van der Waals surface area contributed by atoms with Crippen LogP contribution in [-0.2, 0) is 21.4 Å². The minimum absolute atomic E-state index is 0.0842. The van der Waals surface area contributed by atoms with Crippen molar-refractivity contribution in [2.24, 2.45) is 0 Å². The van der Waals surface area contributed by atoms with Crippen LogP contribution in [0, 0.1) is 11.3 Å². The Labute approximate surface area is 181 Å². The second-order valence-corrected chi connectivity index (χ2v) is 9.01. The number of nitrogens with one attached hydrogen (secondary N) is 1. The van der Waals surface area contributed by atoms with Crippen molar-refractivity contribution in [2.45, 2.75) is 23.8 Å². The molecule has 1 N–H and O–H groups in total. The van der Waals surface area contributed by atoms with Gasteiger partial charge in [-0.15, -0.1) is 5.14 Å². The average Bonchev–Trinajstić information content (AvgIpc) is 3.13. The minimum Gasteiger partial charge on any atom is -0.338 e. The fourth-order valence-corrected chi connectivity index (χ4v) is 4.55. The zero-order valence-corrected chi connectivity index (χ0v) is 17.5. The quantitative estimate of drug-likeness (QED) is 0.615. The molecule has 3 aromatic carbocycles. The van der Waals surface area contributed by atoms with E-state index in [4.69, 9.17) is 10.4 Å². The molecule has 0 spiro atoms. The number of sulfonamides is 1. The fourth-order valence-electron chi connectivity index (χ4n) is 4.02. The van der Waals surface area contributed by atoms with Gasteiger partial charge in [-0.1, -0.05) is 48.5 Å². The molecule has 31 heavy (non-hydrogen) atoms. The first kappa shape index (κ1) is 20.8. The number of hydrogen-bond donors (Lipinski definition) is 0. The van der Waals surface area contributed by atoms with Crippen LogP contribution in [0.25, 0.3) is 11.1 Å². The lowest BCUT2D eigenvalue weighted by Gasteiger charge is -2.19. The van der Waals surface area contributed by atoms with Gasteiger partial charge in [0.1, 0.15) is 0 Å². The highest BCUT2D eigenvalue weighted by molar-refractivity contribution is 7.88. The van der Waals surface area contributed by atoms with Crippen LogP contribution >= 0.6 is 0 Å². The Balaban J connectivity index is 1.70. The topological polar surface area (TPSA) is 102 Å². The van der Waals surface area contributed by atoms with E-state index < -0.39 is 15.9 Å². The van der Waals surface area contributed by atoms with E-state index in [1.807, 2.05) is 36.4 Å². The Kier molecular flexibility index (Phi) is 5.59. The van der Waals surface area contributed by atoms with Crippen LogP contribution < -0.4 is 5.14 Å². The van der Waals surface area contributed by atoms with Gasteiger partial charge < -0.3 is 4.90 Å². The van der Waals surface area contributed by atoms with Gasteiger partial charge in [0, 0.05) is 13.1 Å². The summed E-state index contributed by atoms with van der Waals surface area (Å²) in [7, 11) is -4.15. The lowest BCUT2D eigenvalue weighted by atomic mass is 9.89. The lowest BCUT2D eigenvalue weighted by molar-refractivity contribution is -0.129. The van der Waals surface area contributed by atoms with Crippen molar-refractivity contribution in [3.63, 3.8) is 0 Å². The number of carbonyl (C=O) groups is 1. The Bertz CT molecular complexity index is 1280. The van der Waals surface area contributed by atoms with Crippen molar-refractivity contribution in [3.05, 3.63) is 89.5 Å². The van der Waals surface area contributed by atoms with Crippen molar-refractivity contribution in [1.82, 2.24) is 10.0 Å². The van der Waals surface area contributed by atoms with E-state index in [0.29, 0.717) is 30.6 Å². The molecular weight excluding hydrogens is 410 g/mol. The SMILES string of the molecule is N#Cc1cccc(CN2CC[C@@H](c3cc(S([NH])(=O)=O)ccc3-c3ccccc3)C2=O)c1. The molecule has 0 aliphatic carbocycles. The summed E-state index contributed by atoms with van der Waals surface area (Å²) in [6.45, 7) is 0.925. The first-order valence-electron chi connectivity index (χ1n) is 9.83. The molecule has 1 aliphatic heterocycles. The summed E-state index contributed by atoms with van der Waals surface area (Å²) in [5.41, 5.74) is 3.72. The van der Waals surface area contributed by atoms with Gasteiger partial charge in [0.25, 0.3) is 10.0 Å². The van der Waals surface area contributed by atoms with Gasteiger partial charge in [-0.2, -0.15) is 5.26 Å². The molecule has 0 unspecified atom stereocenters. The summed E-state index contributed by atoms with van der Waals surface area (Å²) < 4.78 is 23.7. The minimum atomic E-state index is -4.15. The van der Waals surface area contributed by atoms with Crippen LogP contribution in [0.2, 0.25) is 0 Å². The van der Waals surface area contributed by atoms with Gasteiger partial charge in [-0.25, -0.2) is 8.42 Å². The van der Waals surface area contributed by atoms with Gasteiger partial charge >= 0.3 is 0 Å². The van der Waals surface area contributed by atoms with E-state index in [1.165, 1.54) is 12.1 Å². The fraction of sp³-hybridized carbons (Fsp3) is 0.167. The molecule has 1 saturated heterocycles. The standard InChI is InChI=1S/C24H20N3O3S/c25-15-17-5-4-6-18(13-17)16-27-12-11-22(24(27)28)23-14-20(31(26,29)30)9-10-21(23)19-7-2-1-3-8-19/h1-10,13-14,22,26H,11-12,16H2/t22-/m0/s1. The summed E-state index contributed by atoms with van der Waals surface area (Å²) in [4.78, 5) is 14.9. The normalized spacial score (nSPS) is 16.3. The third-order valence-corrected chi connectivity index (χ3v) is 6.40. The van der Waals surface area contributed by atoms with Crippen molar-refractivity contribution < 1.29 is 13.2 Å². The summed E-state index contributed by atoms with van der Waals surface area (Å²) in [6.07, 6.45) is 0.554. The van der Waals surface area contributed by atoms with E-state index in [2.05, 4.69) is 6.07 Å². The smallest absolute Gasteiger partial charge is 0.254 e. The molecule has 0 bridgehead atoms. The van der Waals surface area contributed by atoms with E-state index in [0.717, 1.165) is 16.7 Å². The van der Waals surface area contributed by atoms with E-state index in [1.54, 1.807) is 29.2 Å². The molecule has 1 heterocycles. The van der Waals surface area contributed by atoms with Gasteiger partial charge in [0.05, 0.1) is 22.4 Å². The number of likely N-dealkylation sites (tertiary alicyclic amines) is 1. The summed E-state index contributed by atoms with van der Waals surface area (Å²) in [5, 5.41) is 16.5. The van der Waals surface area contributed by atoms with Gasteiger partial charge in [0.15, 0.2) is 0 Å². The Hall–Kier alpha value is -3.47. The number of benzene rings is 3. The van der Waals surface area contributed by atoms with Crippen molar-refractivity contribution in [3.8, 4) is 17.2 Å². The predicted molar refractivity (Wildman–Crippen MR) is 116 cm³/mol. The van der Waals surface area contributed by atoms with Gasteiger partial charge in [-0.3, -0.25) is 4.79 Å². The second kappa shape index (κ2) is 8.34. The van der Waals surface area contributed by atoms with Crippen LogP contribution in [0.5, 0.6) is 0 Å². The van der Waals surface area contributed by atoms with Gasteiger partial charge in [0.2, 0.25) is 5.91 Å². The van der Waals surface area contributed by atoms with E-state index >= 15 is 0 Å². The van der Waals surface area contributed by atoms with Crippen molar-refractivity contribution in [2.75, 3.05) is 6.54 Å². The van der Waals surface area contributed by atoms with Crippen LogP contribution in [-0.4, -0.2) is 25.8 Å². The molecule has 155 valence electrons. The molecule has 3 aromatic rings. The highest BCUT2D eigenvalue weighted by Crippen LogP contribution is 2.37. The summed E-state index contributed by atoms with van der Waals surface area (Å²) in [5.74, 6) is -0.574. The highest BCUT2D eigenvalue weighted by Gasteiger charge is 2.35. The molecule has 1 atom stereocenters. The molecule has 1 fully saturated rings. The largest absolute Gasteiger partial charge is 0.338 e. The molecular formula is C24H20N3O3S. The van der Waals surface area contributed by atoms with Crippen LogP contribution in [0.4, 0.5) is 0 Å². The summed E-state index contributed by atoms with van der Waals surface area (Å²) >= 11 is 0. The maximum Gasteiger partial charge on any atom is 0.254 e. The zero-order valence-electron chi connectivity index (χ0n) is 16.7. The zero-order chi connectivity index (χ0) is 22.0. The van der Waals surface area contributed by atoms with E-state index in [9.17, 15) is 13.2 Å². The molecule has 0 saturated carbocycles. The number of nitrogens with zero attached hydrogens (tertiary/aromatic N) is 2. The average molecular weight is 431 g/mol. The monoisotopic (exact) mass is 430 g/mol. The third kappa shape index (κ3) is 4.36. The second-order valence-electron chi connectivity index (χ2n) is 7.53. The number of rotatable bonds is 5. The van der Waals surface area contributed by atoms with Gasteiger partial charge in [-0.05, 0) is 52.9 Å². The van der Waals surface area contributed by atoms with Crippen molar-refractivity contribution >= 4 is 15.9 Å². The molecule has 4 rings (SSSR count). The third-order valence-electron chi connectivity index (χ3n) is 5.52. The molecule has 1 amide bonds. The maximum atomic E-state index is 13.3. The number of nitriles is 1. The summed E-state index contributed by atoms with van der Waals surface area (Å²) in [6, 6.07) is 23.3. The van der Waals surface area contributed by atoms with Crippen LogP contribution in [0.15, 0.2) is 77.7 Å².